The largest absolute Gasteiger partial charge is 0.494 e. The van der Waals surface area contributed by atoms with Gasteiger partial charge in [-0.2, -0.15) is 0 Å². The highest BCUT2D eigenvalue weighted by Crippen LogP contribution is 2.27. The fourth-order valence-corrected chi connectivity index (χ4v) is 2.45. The standard InChI is InChI=1S/C19H23NO/c1-2-13-21-18-11-7-15(8-12-18)19-6-4-3-5-16(19)14-20-17-9-10-17/h3-8,11-12,17,20H,2,9-10,13-14H2,1H3. The van der Waals surface area contributed by atoms with Gasteiger partial charge in [0.25, 0.3) is 0 Å². The first-order valence-corrected chi connectivity index (χ1v) is 7.91. The van der Waals surface area contributed by atoms with Crippen molar-refractivity contribution in [2.24, 2.45) is 0 Å². The Bertz CT molecular complexity index is 572. The fraction of sp³-hybridized carbons (Fsp3) is 0.368. The van der Waals surface area contributed by atoms with Crippen molar-refractivity contribution in [1.82, 2.24) is 5.32 Å². The highest BCUT2D eigenvalue weighted by atomic mass is 16.5. The Balaban J connectivity index is 1.75. The van der Waals surface area contributed by atoms with Crippen LogP contribution in [0.1, 0.15) is 31.7 Å². The highest BCUT2D eigenvalue weighted by Gasteiger charge is 2.20. The van der Waals surface area contributed by atoms with E-state index < -0.39 is 0 Å². The summed E-state index contributed by atoms with van der Waals surface area (Å²) < 4.78 is 5.65. The SMILES string of the molecule is CCCOc1ccc(-c2ccccc2CNC2CC2)cc1. The number of ether oxygens (including phenoxy) is 1. The Morgan fingerprint density at radius 2 is 1.81 bits per heavy atom. The van der Waals surface area contributed by atoms with Crippen molar-refractivity contribution in [3.63, 3.8) is 0 Å². The van der Waals surface area contributed by atoms with Gasteiger partial charge in [0, 0.05) is 12.6 Å². The van der Waals surface area contributed by atoms with Crippen LogP contribution in [0.15, 0.2) is 48.5 Å². The highest BCUT2D eigenvalue weighted by molar-refractivity contribution is 5.67. The van der Waals surface area contributed by atoms with Crippen LogP contribution in [0.2, 0.25) is 0 Å². The van der Waals surface area contributed by atoms with Crippen LogP contribution >= 0.6 is 0 Å². The molecule has 2 heteroatoms. The van der Waals surface area contributed by atoms with Crippen LogP contribution in [0.4, 0.5) is 0 Å². The molecule has 0 spiro atoms. The van der Waals surface area contributed by atoms with E-state index in [9.17, 15) is 0 Å². The van der Waals surface area contributed by atoms with E-state index in [-0.39, 0.29) is 0 Å². The van der Waals surface area contributed by atoms with Gasteiger partial charge in [0.2, 0.25) is 0 Å². The Morgan fingerprint density at radius 3 is 2.52 bits per heavy atom. The van der Waals surface area contributed by atoms with Crippen LogP contribution in [0.3, 0.4) is 0 Å². The van der Waals surface area contributed by atoms with Gasteiger partial charge in [-0.15, -0.1) is 0 Å². The third-order valence-corrected chi connectivity index (χ3v) is 3.81. The van der Waals surface area contributed by atoms with Crippen LogP contribution in [0.25, 0.3) is 11.1 Å². The van der Waals surface area contributed by atoms with Crippen molar-refractivity contribution in [3.05, 3.63) is 54.1 Å². The molecule has 0 bridgehead atoms. The van der Waals surface area contributed by atoms with Crippen molar-refractivity contribution >= 4 is 0 Å². The second-order valence-electron chi connectivity index (χ2n) is 5.69. The quantitative estimate of drug-likeness (QED) is 0.812. The Hall–Kier alpha value is -1.80. The van der Waals surface area contributed by atoms with Crippen LogP contribution in [-0.2, 0) is 6.54 Å². The first-order chi connectivity index (χ1) is 10.4. The molecule has 1 aliphatic rings. The topological polar surface area (TPSA) is 21.3 Å². The maximum atomic E-state index is 5.65. The molecule has 21 heavy (non-hydrogen) atoms. The molecule has 0 unspecified atom stereocenters. The number of benzene rings is 2. The predicted octanol–water partition coefficient (Wildman–Crippen LogP) is 4.39. The van der Waals surface area contributed by atoms with Gasteiger partial charge in [-0.05, 0) is 48.1 Å². The summed E-state index contributed by atoms with van der Waals surface area (Å²) in [5.41, 5.74) is 3.94. The Kier molecular flexibility index (Phi) is 4.56. The smallest absolute Gasteiger partial charge is 0.119 e. The fourth-order valence-electron chi connectivity index (χ4n) is 2.45. The second-order valence-corrected chi connectivity index (χ2v) is 5.69. The molecule has 1 N–H and O–H groups in total. The number of nitrogens with one attached hydrogen (secondary N) is 1. The molecule has 0 saturated heterocycles. The van der Waals surface area contributed by atoms with Gasteiger partial charge in [0.1, 0.15) is 5.75 Å². The van der Waals surface area contributed by atoms with Gasteiger partial charge in [0.05, 0.1) is 6.61 Å². The molecular formula is C19H23NO. The molecule has 0 aliphatic heterocycles. The second kappa shape index (κ2) is 6.77. The molecule has 1 aliphatic carbocycles. The summed E-state index contributed by atoms with van der Waals surface area (Å²) in [6, 6.07) is 17.8. The number of hydrogen-bond acceptors (Lipinski definition) is 2. The number of rotatable bonds is 7. The third kappa shape index (κ3) is 3.85. The molecular weight excluding hydrogens is 258 g/mol. The monoisotopic (exact) mass is 281 g/mol. The number of hydrogen-bond donors (Lipinski definition) is 1. The lowest BCUT2D eigenvalue weighted by Gasteiger charge is -2.11. The first kappa shape index (κ1) is 14.2. The van der Waals surface area contributed by atoms with E-state index >= 15 is 0 Å². The molecule has 0 atom stereocenters. The normalized spacial score (nSPS) is 14.1. The molecule has 2 nitrogen and oxygen atoms in total. The zero-order valence-electron chi connectivity index (χ0n) is 12.6. The average Bonchev–Trinajstić information content (AvgIpc) is 3.36. The van der Waals surface area contributed by atoms with Crippen molar-refractivity contribution in [2.75, 3.05) is 6.61 Å². The summed E-state index contributed by atoms with van der Waals surface area (Å²) >= 11 is 0. The molecule has 0 heterocycles. The predicted molar refractivity (Wildman–Crippen MR) is 87.5 cm³/mol. The van der Waals surface area contributed by atoms with Crippen LogP contribution in [0.5, 0.6) is 5.75 Å². The van der Waals surface area contributed by atoms with E-state index in [1.54, 1.807) is 0 Å². The maximum Gasteiger partial charge on any atom is 0.119 e. The first-order valence-electron chi connectivity index (χ1n) is 7.91. The van der Waals surface area contributed by atoms with Crippen molar-refractivity contribution < 1.29 is 4.74 Å². The van der Waals surface area contributed by atoms with Crippen LogP contribution < -0.4 is 10.1 Å². The van der Waals surface area contributed by atoms with Crippen molar-refractivity contribution in [1.29, 1.82) is 0 Å². The van der Waals surface area contributed by atoms with E-state index in [0.29, 0.717) is 0 Å². The van der Waals surface area contributed by atoms with Crippen LogP contribution in [0, 0.1) is 0 Å². The van der Waals surface area contributed by atoms with Gasteiger partial charge in [-0.25, -0.2) is 0 Å². The summed E-state index contributed by atoms with van der Waals surface area (Å²) in [5, 5.41) is 3.60. The average molecular weight is 281 g/mol. The van der Waals surface area contributed by atoms with Gasteiger partial charge >= 0.3 is 0 Å². The van der Waals surface area contributed by atoms with Gasteiger partial charge < -0.3 is 10.1 Å². The maximum absolute atomic E-state index is 5.65. The lowest BCUT2D eigenvalue weighted by molar-refractivity contribution is 0.317. The molecule has 3 rings (SSSR count). The van der Waals surface area contributed by atoms with Gasteiger partial charge in [0.15, 0.2) is 0 Å². The third-order valence-electron chi connectivity index (χ3n) is 3.81. The van der Waals surface area contributed by atoms with Gasteiger partial charge in [-0.1, -0.05) is 43.3 Å². The van der Waals surface area contributed by atoms with Crippen molar-refractivity contribution in [3.8, 4) is 16.9 Å². The van der Waals surface area contributed by atoms with E-state index in [0.717, 1.165) is 31.4 Å². The molecule has 0 amide bonds. The summed E-state index contributed by atoms with van der Waals surface area (Å²) in [5.74, 6) is 0.953. The zero-order valence-corrected chi connectivity index (χ0v) is 12.6. The van der Waals surface area contributed by atoms with Crippen LogP contribution in [-0.4, -0.2) is 12.6 Å². The molecule has 1 saturated carbocycles. The summed E-state index contributed by atoms with van der Waals surface area (Å²) in [4.78, 5) is 0. The lowest BCUT2D eigenvalue weighted by Crippen LogP contribution is -2.15. The molecule has 0 aromatic heterocycles. The summed E-state index contributed by atoms with van der Waals surface area (Å²) in [7, 11) is 0. The van der Waals surface area contributed by atoms with E-state index in [1.807, 2.05) is 0 Å². The van der Waals surface area contributed by atoms with E-state index in [2.05, 4.69) is 60.8 Å². The molecule has 1 fully saturated rings. The van der Waals surface area contributed by atoms with Gasteiger partial charge in [-0.3, -0.25) is 0 Å². The Labute approximate surface area is 127 Å². The minimum Gasteiger partial charge on any atom is -0.494 e. The summed E-state index contributed by atoms with van der Waals surface area (Å²) in [6.45, 7) is 3.85. The summed E-state index contributed by atoms with van der Waals surface area (Å²) in [6.07, 6.45) is 3.69. The molecule has 110 valence electrons. The minimum absolute atomic E-state index is 0.739. The minimum atomic E-state index is 0.739. The van der Waals surface area contributed by atoms with Crippen molar-refractivity contribution in [2.45, 2.75) is 38.8 Å². The molecule has 2 aromatic carbocycles. The van der Waals surface area contributed by atoms with E-state index in [4.69, 9.17) is 4.74 Å². The molecule has 0 radical (unpaired) electrons. The zero-order chi connectivity index (χ0) is 14.5. The lowest BCUT2D eigenvalue weighted by atomic mass is 9.99. The Morgan fingerprint density at radius 1 is 1.05 bits per heavy atom. The van der Waals surface area contributed by atoms with E-state index in [1.165, 1.54) is 29.5 Å². The molecule has 2 aromatic rings.